The molecule has 0 aliphatic carbocycles. The molecule has 0 N–H and O–H groups in total. The van der Waals surface area contributed by atoms with E-state index in [2.05, 4.69) is 0 Å². The van der Waals surface area contributed by atoms with Crippen LogP contribution in [0.3, 0.4) is 0 Å². The van der Waals surface area contributed by atoms with Crippen LogP contribution in [0, 0.1) is 0 Å². The smallest absolute Gasteiger partial charge is 0.431 e. The molecule has 0 fully saturated rings. The van der Waals surface area contributed by atoms with Gasteiger partial charge in [0.2, 0.25) is 0 Å². The summed E-state index contributed by atoms with van der Waals surface area (Å²) in [5.74, 6) is 0.210. The van der Waals surface area contributed by atoms with E-state index in [0.29, 0.717) is 0 Å². The average molecular weight is 390 g/mol. The molecule has 0 aromatic heterocycles. The van der Waals surface area contributed by atoms with E-state index in [0.717, 1.165) is 14.0 Å². The molecule has 150 valence electrons. The lowest BCUT2D eigenvalue weighted by molar-refractivity contribution is -0.353. The molecule has 0 amide bonds. The van der Waals surface area contributed by atoms with Crippen molar-refractivity contribution in [3.8, 4) is 5.75 Å². The zero-order chi connectivity index (χ0) is 20.6. The lowest BCUT2D eigenvalue weighted by Crippen LogP contribution is -2.56. The molecule has 1 unspecified atom stereocenters. The molecule has 0 saturated carbocycles. The number of alkyl halides is 7. The second-order valence-corrected chi connectivity index (χ2v) is 7.15. The Balaban J connectivity index is 3.37. The maximum Gasteiger partial charge on any atom is 0.431 e. The first-order valence-electron chi connectivity index (χ1n) is 7.62. The van der Waals surface area contributed by atoms with Gasteiger partial charge in [-0.2, -0.15) is 26.3 Å². The van der Waals surface area contributed by atoms with Crippen molar-refractivity contribution in [3.63, 3.8) is 0 Å². The molecule has 1 aromatic carbocycles. The number of ether oxygens (including phenoxy) is 2. The van der Waals surface area contributed by atoms with Crippen LogP contribution in [0.5, 0.6) is 5.75 Å². The summed E-state index contributed by atoms with van der Waals surface area (Å²) in [5.41, 5.74) is -8.34. The van der Waals surface area contributed by atoms with E-state index in [1.54, 1.807) is 20.8 Å². The third-order valence-corrected chi connectivity index (χ3v) is 3.80. The minimum Gasteiger partial charge on any atom is -0.488 e. The fourth-order valence-electron chi connectivity index (χ4n) is 2.36. The van der Waals surface area contributed by atoms with Crippen molar-refractivity contribution in [1.29, 1.82) is 0 Å². The third-order valence-electron chi connectivity index (χ3n) is 3.80. The first kappa shape index (κ1) is 22.5. The van der Waals surface area contributed by atoms with Gasteiger partial charge in [-0.15, -0.1) is 0 Å². The molecule has 0 aliphatic heterocycles. The molecule has 2 nitrogen and oxygen atoms in total. The van der Waals surface area contributed by atoms with Crippen LogP contribution in [-0.2, 0) is 10.3 Å². The highest BCUT2D eigenvalue weighted by Crippen LogP contribution is 2.52. The van der Waals surface area contributed by atoms with Gasteiger partial charge in [0.25, 0.3) is 0 Å². The van der Waals surface area contributed by atoms with Gasteiger partial charge in [0.15, 0.2) is 0 Å². The Morgan fingerprint density at radius 1 is 0.846 bits per heavy atom. The largest absolute Gasteiger partial charge is 0.488 e. The SMILES string of the molecule is COC(C)(CC(F)(C(F)(F)F)C(F)(F)F)c1cccc(OC(C)(C)C)c1. The maximum atomic E-state index is 14.2. The van der Waals surface area contributed by atoms with Crippen molar-refractivity contribution >= 4 is 0 Å². The highest BCUT2D eigenvalue weighted by Gasteiger charge is 2.74. The molecule has 9 heteroatoms. The summed E-state index contributed by atoms with van der Waals surface area (Å²) in [4.78, 5) is 0. The van der Waals surface area contributed by atoms with Crippen molar-refractivity contribution < 1.29 is 40.2 Å². The minimum absolute atomic E-state index is 0.0720. The molecule has 0 aliphatic rings. The van der Waals surface area contributed by atoms with Crippen LogP contribution in [0.4, 0.5) is 30.7 Å². The van der Waals surface area contributed by atoms with Crippen molar-refractivity contribution in [2.24, 2.45) is 0 Å². The highest BCUT2D eigenvalue weighted by molar-refractivity contribution is 5.33. The van der Waals surface area contributed by atoms with Gasteiger partial charge in [-0.3, -0.25) is 0 Å². The number of hydrogen-bond acceptors (Lipinski definition) is 2. The number of halogens is 7. The van der Waals surface area contributed by atoms with Gasteiger partial charge in [0, 0.05) is 13.5 Å². The van der Waals surface area contributed by atoms with Crippen LogP contribution in [0.15, 0.2) is 24.3 Å². The predicted octanol–water partition coefficient (Wildman–Crippen LogP) is 5.95. The van der Waals surface area contributed by atoms with E-state index < -0.39 is 35.6 Å². The van der Waals surface area contributed by atoms with E-state index in [1.165, 1.54) is 24.3 Å². The van der Waals surface area contributed by atoms with Crippen molar-refractivity contribution in [2.75, 3.05) is 7.11 Å². The van der Waals surface area contributed by atoms with Gasteiger partial charge in [0.05, 0.1) is 5.60 Å². The van der Waals surface area contributed by atoms with Crippen LogP contribution in [0.25, 0.3) is 0 Å². The monoisotopic (exact) mass is 390 g/mol. The molecule has 0 saturated heterocycles. The zero-order valence-electron chi connectivity index (χ0n) is 15.0. The summed E-state index contributed by atoms with van der Waals surface area (Å²) in [7, 11) is 0.921. The van der Waals surface area contributed by atoms with Crippen molar-refractivity contribution in [2.45, 2.75) is 63.3 Å². The normalized spacial score (nSPS) is 16.3. The number of methoxy groups -OCH3 is 1. The molecule has 0 radical (unpaired) electrons. The van der Waals surface area contributed by atoms with Crippen LogP contribution in [-0.4, -0.2) is 30.7 Å². The Hall–Kier alpha value is -1.51. The van der Waals surface area contributed by atoms with Crippen LogP contribution < -0.4 is 4.74 Å². The first-order chi connectivity index (χ1) is 11.5. The fourth-order valence-corrected chi connectivity index (χ4v) is 2.36. The molecule has 26 heavy (non-hydrogen) atoms. The van der Waals surface area contributed by atoms with Crippen LogP contribution in [0.2, 0.25) is 0 Å². The summed E-state index contributed by atoms with van der Waals surface area (Å²) >= 11 is 0. The molecule has 1 rings (SSSR count). The van der Waals surface area contributed by atoms with Gasteiger partial charge in [-0.1, -0.05) is 12.1 Å². The summed E-state index contributed by atoms with van der Waals surface area (Å²) in [5, 5.41) is 0. The Labute approximate surface area is 147 Å². The summed E-state index contributed by atoms with van der Waals surface area (Å²) in [6.45, 7) is 6.12. The maximum absolute atomic E-state index is 14.2. The number of hydrogen-bond donors (Lipinski definition) is 0. The number of benzene rings is 1. The topological polar surface area (TPSA) is 18.5 Å². The molecule has 0 bridgehead atoms. The highest BCUT2D eigenvalue weighted by atomic mass is 19.4. The van der Waals surface area contributed by atoms with Gasteiger partial charge < -0.3 is 9.47 Å². The second kappa shape index (κ2) is 6.90. The Bertz CT molecular complexity index is 603. The van der Waals surface area contributed by atoms with E-state index in [9.17, 15) is 30.7 Å². The molecular formula is C17H21F7O2. The van der Waals surface area contributed by atoms with E-state index in [1.807, 2.05) is 0 Å². The Morgan fingerprint density at radius 3 is 1.73 bits per heavy atom. The van der Waals surface area contributed by atoms with E-state index >= 15 is 0 Å². The third kappa shape index (κ3) is 4.81. The zero-order valence-corrected chi connectivity index (χ0v) is 15.0. The van der Waals surface area contributed by atoms with Gasteiger partial charge in [-0.25, -0.2) is 4.39 Å². The lowest BCUT2D eigenvalue weighted by atomic mass is 9.83. The minimum atomic E-state index is -6.15. The first-order valence-corrected chi connectivity index (χ1v) is 7.62. The van der Waals surface area contributed by atoms with Crippen molar-refractivity contribution in [1.82, 2.24) is 0 Å². The van der Waals surface area contributed by atoms with E-state index in [-0.39, 0.29) is 11.3 Å². The number of rotatable bonds is 5. The molecule has 0 spiro atoms. The molecule has 0 heterocycles. The van der Waals surface area contributed by atoms with Gasteiger partial charge >= 0.3 is 18.0 Å². The van der Waals surface area contributed by atoms with Gasteiger partial charge in [0.1, 0.15) is 11.4 Å². The van der Waals surface area contributed by atoms with Crippen LogP contribution >= 0.6 is 0 Å². The summed E-state index contributed by atoms with van der Waals surface area (Å²) in [6.07, 6.45) is -14.3. The average Bonchev–Trinajstić information content (AvgIpc) is 2.43. The quantitative estimate of drug-likeness (QED) is 0.579. The molecular weight excluding hydrogens is 369 g/mol. The van der Waals surface area contributed by atoms with Gasteiger partial charge in [-0.05, 0) is 45.4 Å². The van der Waals surface area contributed by atoms with E-state index in [4.69, 9.17) is 9.47 Å². The molecule has 1 aromatic rings. The fraction of sp³-hybridized carbons (Fsp3) is 0.647. The second-order valence-electron chi connectivity index (χ2n) is 7.15. The Morgan fingerprint density at radius 2 is 1.35 bits per heavy atom. The molecule has 1 atom stereocenters. The lowest BCUT2D eigenvalue weighted by Gasteiger charge is -2.38. The summed E-state index contributed by atoms with van der Waals surface area (Å²) < 4.78 is 102. The van der Waals surface area contributed by atoms with Crippen LogP contribution in [0.1, 0.15) is 39.7 Å². The van der Waals surface area contributed by atoms with Crippen molar-refractivity contribution in [3.05, 3.63) is 29.8 Å². The predicted molar refractivity (Wildman–Crippen MR) is 81.8 cm³/mol. The Kier molecular flexibility index (Phi) is 5.98. The summed E-state index contributed by atoms with van der Waals surface area (Å²) in [6, 6.07) is 5.36. The standard InChI is InChI=1S/C17H21F7O2/c1-13(2,3)26-12-8-6-7-11(9-12)14(4,25-5)10-15(18,16(19,20)21)17(22,23)24/h6-9H,10H2,1-5H3.